The van der Waals surface area contributed by atoms with Crippen LogP contribution >= 0.6 is 0 Å². The van der Waals surface area contributed by atoms with E-state index < -0.39 is 0 Å². The van der Waals surface area contributed by atoms with Crippen LogP contribution in [0.3, 0.4) is 0 Å². The molecule has 0 amide bonds. The summed E-state index contributed by atoms with van der Waals surface area (Å²) in [7, 11) is 0. The van der Waals surface area contributed by atoms with E-state index in [1.54, 1.807) is 0 Å². The van der Waals surface area contributed by atoms with E-state index >= 15 is 0 Å². The van der Waals surface area contributed by atoms with E-state index in [0.717, 1.165) is 18.6 Å². The molecule has 20 heavy (non-hydrogen) atoms. The zero-order chi connectivity index (χ0) is 13.8. The largest absolute Gasteiger partial charge is 0.313 e. The molecule has 3 rings (SSSR count). The summed E-state index contributed by atoms with van der Waals surface area (Å²) in [5.74, 6) is 0. The predicted octanol–water partition coefficient (Wildman–Crippen LogP) is 4.01. The Morgan fingerprint density at radius 3 is 2.80 bits per heavy atom. The summed E-state index contributed by atoms with van der Waals surface area (Å²) in [6, 6.07) is 19.1. The maximum Gasteiger partial charge on any atom is 0.0708 e. The van der Waals surface area contributed by atoms with Gasteiger partial charge in [0, 0.05) is 18.1 Å². The fourth-order valence-electron chi connectivity index (χ4n) is 2.47. The van der Waals surface area contributed by atoms with Gasteiger partial charge in [0.05, 0.1) is 5.52 Å². The molecule has 0 atom stereocenters. The predicted molar refractivity (Wildman–Crippen MR) is 84.6 cm³/mol. The number of pyridine rings is 1. The fraction of sp³-hybridized carbons (Fsp3) is 0.167. The standard InChI is InChI=1S/C18H18N2/c1-2-19-13-14-6-3-7-15(12-14)16-8-4-10-18-17(16)9-5-11-20-18/h3-12,19H,2,13H2,1H3. The topological polar surface area (TPSA) is 24.9 Å². The minimum Gasteiger partial charge on any atom is -0.313 e. The second kappa shape index (κ2) is 5.85. The van der Waals surface area contributed by atoms with Crippen LogP contribution in [-0.2, 0) is 6.54 Å². The molecule has 0 bridgehead atoms. The lowest BCUT2D eigenvalue weighted by Crippen LogP contribution is -2.11. The Balaban J connectivity index is 2.06. The van der Waals surface area contributed by atoms with E-state index in [2.05, 4.69) is 65.8 Å². The van der Waals surface area contributed by atoms with Crippen molar-refractivity contribution in [3.63, 3.8) is 0 Å². The molecule has 1 N–H and O–H groups in total. The summed E-state index contributed by atoms with van der Waals surface area (Å²) in [6.45, 7) is 4.02. The number of rotatable bonds is 4. The van der Waals surface area contributed by atoms with Gasteiger partial charge in [-0.3, -0.25) is 4.98 Å². The molecule has 0 saturated heterocycles. The van der Waals surface area contributed by atoms with Gasteiger partial charge < -0.3 is 5.32 Å². The molecule has 2 nitrogen and oxygen atoms in total. The third kappa shape index (κ3) is 2.56. The molecule has 2 heteroatoms. The van der Waals surface area contributed by atoms with Crippen molar-refractivity contribution in [2.75, 3.05) is 6.54 Å². The second-order valence-electron chi connectivity index (χ2n) is 4.86. The minimum absolute atomic E-state index is 0.910. The second-order valence-corrected chi connectivity index (χ2v) is 4.86. The van der Waals surface area contributed by atoms with E-state index in [4.69, 9.17) is 0 Å². The van der Waals surface area contributed by atoms with Crippen LogP contribution in [0.1, 0.15) is 12.5 Å². The Morgan fingerprint density at radius 1 is 1.00 bits per heavy atom. The van der Waals surface area contributed by atoms with Crippen molar-refractivity contribution in [3.05, 3.63) is 66.4 Å². The third-order valence-electron chi connectivity index (χ3n) is 3.46. The van der Waals surface area contributed by atoms with Crippen LogP contribution in [-0.4, -0.2) is 11.5 Å². The van der Waals surface area contributed by atoms with Gasteiger partial charge in [0.2, 0.25) is 0 Å². The van der Waals surface area contributed by atoms with Gasteiger partial charge in [-0.05, 0) is 41.4 Å². The number of hydrogen-bond donors (Lipinski definition) is 1. The highest BCUT2D eigenvalue weighted by atomic mass is 14.8. The molecular weight excluding hydrogens is 244 g/mol. The van der Waals surface area contributed by atoms with Crippen molar-refractivity contribution in [2.24, 2.45) is 0 Å². The highest BCUT2D eigenvalue weighted by molar-refractivity contribution is 5.94. The number of fused-ring (bicyclic) bond motifs is 1. The lowest BCUT2D eigenvalue weighted by Gasteiger charge is -2.08. The molecule has 1 aromatic heterocycles. The average Bonchev–Trinajstić information content (AvgIpc) is 2.52. The Labute approximate surface area is 119 Å². The van der Waals surface area contributed by atoms with Crippen molar-refractivity contribution < 1.29 is 0 Å². The molecule has 3 aromatic rings. The van der Waals surface area contributed by atoms with E-state index in [-0.39, 0.29) is 0 Å². The van der Waals surface area contributed by atoms with Crippen LogP contribution in [0.4, 0.5) is 0 Å². The van der Waals surface area contributed by atoms with Crippen molar-refractivity contribution in [3.8, 4) is 11.1 Å². The zero-order valence-electron chi connectivity index (χ0n) is 11.6. The van der Waals surface area contributed by atoms with Crippen molar-refractivity contribution in [2.45, 2.75) is 13.5 Å². The maximum atomic E-state index is 4.43. The first-order valence-electron chi connectivity index (χ1n) is 7.02. The number of hydrogen-bond acceptors (Lipinski definition) is 2. The first-order valence-corrected chi connectivity index (χ1v) is 7.02. The summed E-state index contributed by atoms with van der Waals surface area (Å²) in [4.78, 5) is 4.43. The van der Waals surface area contributed by atoms with Gasteiger partial charge >= 0.3 is 0 Å². The van der Waals surface area contributed by atoms with Crippen LogP contribution < -0.4 is 5.32 Å². The summed E-state index contributed by atoms with van der Waals surface area (Å²) >= 11 is 0. The van der Waals surface area contributed by atoms with Gasteiger partial charge in [-0.1, -0.05) is 43.3 Å². The maximum absolute atomic E-state index is 4.43. The van der Waals surface area contributed by atoms with Crippen LogP contribution in [0.15, 0.2) is 60.8 Å². The molecule has 0 fully saturated rings. The monoisotopic (exact) mass is 262 g/mol. The van der Waals surface area contributed by atoms with Gasteiger partial charge in [0.25, 0.3) is 0 Å². The SMILES string of the molecule is CCNCc1cccc(-c2cccc3ncccc23)c1. The van der Waals surface area contributed by atoms with Crippen LogP contribution in [0.2, 0.25) is 0 Å². The Kier molecular flexibility index (Phi) is 3.75. The fourth-order valence-corrected chi connectivity index (χ4v) is 2.47. The first kappa shape index (κ1) is 12.8. The van der Waals surface area contributed by atoms with Gasteiger partial charge in [0.15, 0.2) is 0 Å². The highest BCUT2D eigenvalue weighted by Gasteiger charge is 2.04. The third-order valence-corrected chi connectivity index (χ3v) is 3.46. The molecular formula is C18H18N2. The normalized spacial score (nSPS) is 10.8. The lowest BCUT2D eigenvalue weighted by atomic mass is 9.99. The smallest absolute Gasteiger partial charge is 0.0708 e. The molecule has 0 unspecified atom stereocenters. The molecule has 0 radical (unpaired) electrons. The van der Waals surface area contributed by atoms with Crippen molar-refractivity contribution in [1.82, 2.24) is 10.3 Å². The van der Waals surface area contributed by atoms with Crippen LogP contribution in [0.25, 0.3) is 22.0 Å². The molecule has 0 saturated carbocycles. The number of benzene rings is 2. The van der Waals surface area contributed by atoms with Gasteiger partial charge in [-0.25, -0.2) is 0 Å². The number of nitrogens with zero attached hydrogens (tertiary/aromatic N) is 1. The Morgan fingerprint density at radius 2 is 1.90 bits per heavy atom. The highest BCUT2D eigenvalue weighted by Crippen LogP contribution is 2.28. The van der Waals surface area contributed by atoms with E-state index in [9.17, 15) is 0 Å². The quantitative estimate of drug-likeness (QED) is 0.768. The molecule has 0 aliphatic rings. The average molecular weight is 262 g/mol. The lowest BCUT2D eigenvalue weighted by molar-refractivity contribution is 0.727. The first-order chi connectivity index (χ1) is 9.88. The molecule has 1 heterocycles. The van der Waals surface area contributed by atoms with Gasteiger partial charge in [0.1, 0.15) is 0 Å². The molecule has 100 valence electrons. The Hall–Kier alpha value is -2.19. The van der Waals surface area contributed by atoms with Crippen LogP contribution in [0.5, 0.6) is 0 Å². The zero-order valence-corrected chi connectivity index (χ0v) is 11.6. The summed E-state index contributed by atoms with van der Waals surface area (Å²) < 4.78 is 0. The van der Waals surface area contributed by atoms with E-state index in [1.165, 1.54) is 22.1 Å². The molecule has 2 aromatic carbocycles. The summed E-state index contributed by atoms with van der Waals surface area (Å²) in [5, 5.41) is 4.57. The number of nitrogens with one attached hydrogen (secondary N) is 1. The molecule has 0 aliphatic carbocycles. The summed E-state index contributed by atoms with van der Waals surface area (Å²) in [6.07, 6.45) is 1.84. The van der Waals surface area contributed by atoms with E-state index in [1.807, 2.05) is 12.3 Å². The summed E-state index contributed by atoms with van der Waals surface area (Å²) in [5.41, 5.74) is 4.85. The minimum atomic E-state index is 0.910. The van der Waals surface area contributed by atoms with E-state index in [0.29, 0.717) is 0 Å². The van der Waals surface area contributed by atoms with Crippen LogP contribution in [0, 0.1) is 0 Å². The van der Waals surface area contributed by atoms with Gasteiger partial charge in [-0.15, -0.1) is 0 Å². The molecule has 0 aliphatic heterocycles. The van der Waals surface area contributed by atoms with Gasteiger partial charge in [-0.2, -0.15) is 0 Å². The Bertz CT molecular complexity index is 714. The number of aromatic nitrogens is 1. The molecule has 0 spiro atoms. The van der Waals surface area contributed by atoms with Crippen molar-refractivity contribution >= 4 is 10.9 Å². The van der Waals surface area contributed by atoms with Crippen molar-refractivity contribution in [1.29, 1.82) is 0 Å².